The third-order valence-corrected chi connectivity index (χ3v) is 2.25. The molecular formula is C16H13CaNaO8. The molecule has 0 aliphatic carbocycles. The summed E-state index contributed by atoms with van der Waals surface area (Å²) in [6.07, 6.45) is 0. The Balaban J connectivity index is -0.000000319. The minimum absolute atomic E-state index is 0. The first kappa shape index (κ1) is 29.5. The number of carboxylic acid groups (broad SMARTS) is 3. The van der Waals surface area contributed by atoms with Gasteiger partial charge < -0.3 is 39.9 Å². The van der Waals surface area contributed by atoms with Crippen LogP contribution < -0.4 is 44.9 Å². The van der Waals surface area contributed by atoms with Crippen molar-refractivity contribution in [2.45, 2.75) is 6.92 Å². The zero-order valence-corrected chi connectivity index (χ0v) is 18.4. The van der Waals surface area contributed by atoms with E-state index in [1.54, 1.807) is 12.1 Å². The van der Waals surface area contributed by atoms with Gasteiger partial charge in [0.2, 0.25) is 0 Å². The van der Waals surface area contributed by atoms with Crippen molar-refractivity contribution in [3.8, 4) is 11.5 Å². The normalized spacial score (nSPS) is 8.04. The van der Waals surface area contributed by atoms with Gasteiger partial charge in [0.15, 0.2) is 0 Å². The van der Waals surface area contributed by atoms with E-state index in [1.165, 1.54) is 36.4 Å². The zero-order valence-electron chi connectivity index (χ0n) is 14.2. The second-order valence-corrected chi connectivity index (χ2v) is 4.10. The average Bonchev–Trinajstić information content (AvgIpc) is 2.47. The van der Waals surface area contributed by atoms with Crippen LogP contribution in [0.1, 0.15) is 27.6 Å². The Bertz CT molecular complexity index is 661. The smallest absolute Gasteiger partial charge is 0.550 e. The molecule has 2 rings (SSSR count). The molecule has 0 bridgehead atoms. The van der Waals surface area contributed by atoms with Gasteiger partial charge in [0.05, 0.1) is 11.9 Å². The van der Waals surface area contributed by atoms with Gasteiger partial charge in [-0.1, -0.05) is 24.3 Å². The summed E-state index contributed by atoms with van der Waals surface area (Å²) in [6, 6.07) is 11.3. The first-order valence-electron chi connectivity index (χ1n) is 6.33. The van der Waals surface area contributed by atoms with Crippen molar-refractivity contribution in [2.24, 2.45) is 0 Å². The van der Waals surface area contributed by atoms with E-state index >= 15 is 0 Å². The maximum atomic E-state index is 10.2. The molecule has 0 aliphatic rings. The van der Waals surface area contributed by atoms with Crippen LogP contribution in [0.4, 0.5) is 0 Å². The van der Waals surface area contributed by atoms with Gasteiger partial charge in [0, 0.05) is 17.1 Å². The standard InChI is InChI=1S/2C7H6O3.C2H4O2.Ca.Na/c2*8-6-4-2-1-3-5(6)7(9)10;1-2(3)4;;/h2*1-4,8H,(H,9,10);1H3,(H,3,4);;/q;;;+2;+1/p-3. The molecule has 0 amide bonds. The van der Waals surface area contributed by atoms with Crippen LogP contribution >= 0.6 is 0 Å². The second kappa shape index (κ2) is 15.9. The van der Waals surface area contributed by atoms with E-state index < -0.39 is 17.9 Å². The molecule has 0 aromatic heterocycles. The molecule has 0 aliphatic heterocycles. The number of carboxylic acids is 3. The number of aromatic hydroxyl groups is 2. The summed E-state index contributed by atoms with van der Waals surface area (Å²) >= 11 is 0. The van der Waals surface area contributed by atoms with Crippen molar-refractivity contribution in [1.29, 1.82) is 0 Å². The Morgan fingerprint density at radius 3 is 1.12 bits per heavy atom. The third-order valence-electron chi connectivity index (χ3n) is 2.25. The summed E-state index contributed by atoms with van der Waals surface area (Å²) < 4.78 is 0. The molecule has 128 valence electrons. The van der Waals surface area contributed by atoms with Gasteiger partial charge in [0.1, 0.15) is 11.5 Å². The maximum Gasteiger partial charge on any atom is 2.00 e. The van der Waals surface area contributed by atoms with Crippen LogP contribution in [0.15, 0.2) is 48.5 Å². The van der Waals surface area contributed by atoms with E-state index in [9.17, 15) is 19.8 Å². The van der Waals surface area contributed by atoms with Gasteiger partial charge in [-0.15, -0.1) is 0 Å². The summed E-state index contributed by atoms with van der Waals surface area (Å²) in [7, 11) is 0. The number of phenols is 2. The number of aliphatic carboxylic acids is 1. The largest absolute Gasteiger partial charge is 2.00 e. The molecule has 0 atom stereocenters. The summed E-state index contributed by atoms with van der Waals surface area (Å²) in [4.78, 5) is 29.2. The summed E-state index contributed by atoms with van der Waals surface area (Å²) in [5.41, 5.74) is -0.356. The van der Waals surface area contributed by atoms with Gasteiger partial charge in [0.25, 0.3) is 0 Å². The Kier molecular flexibility index (Phi) is 18.1. The number of carbonyl (C=O) groups is 3. The van der Waals surface area contributed by atoms with Crippen LogP contribution in [0.25, 0.3) is 0 Å². The minimum Gasteiger partial charge on any atom is -0.550 e. The molecule has 2 aromatic rings. The van der Waals surface area contributed by atoms with E-state index in [2.05, 4.69) is 0 Å². The predicted molar refractivity (Wildman–Crippen MR) is 81.3 cm³/mol. The van der Waals surface area contributed by atoms with Crippen molar-refractivity contribution in [3.05, 3.63) is 59.7 Å². The molecule has 0 spiro atoms. The zero-order chi connectivity index (χ0) is 18.7. The first-order valence-corrected chi connectivity index (χ1v) is 6.33. The fraction of sp³-hybridized carbons (Fsp3) is 0.0625. The quantitative estimate of drug-likeness (QED) is 0.477. The number of rotatable bonds is 2. The van der Waals surface area contributed by atoms with Crippen molar-refractivity contribution in [2.75, 3.05) is 0 Å². The molecule has 0 fully saturated rings. The predicted octanol–water partition coefficient (Wildman–Crippen LogP) is -5.11. The fourth-order valence-corrected chi connectivity index (χ4v) is 1.29. The molecule has 10 heteroatoms. The number of aromatic carboxylic acids is 2. The fourth-order valence-electron chi connectivity index (χ4n) is 1.29. The first-order chi connectivity index (χ1) is 11.2. The summed E-state index contributed by atoms with van der Waals surface area (Å²) in [5, 5.41) is 46.9. The Morgan fingerprint density at radius 1 is 0.731 bits per heavy atom. The average molecular weight is 396 g/mol. The summed E-state index contributed by atoms with van der Waals surface area (Å²) in [6.45, 7) is 0.972. The number of benzene rings is 2. The molecule has 0 radical (unpaired) electrons. The Morgan fingerprint density at radius 2 is 0.962 bits per heavy atom. The van der Waals surface area contributed by atoms with E-state index in [-0.39, 0.29) is 89.9 Å². The van der Waals surface area contributed by atoms with Crippen LogP contribution in [0, 0.1) is 0 Å². The van der Waals surface area contributed by atoms with Gasteiger partial charge in [-0.25, -0.2) is 0 Å². The molecule has 0 heterocycles. The molecule has 8 nitrogen and oxygen atoms in total. The molecule has 0 unspecified atom stereocenters. The Labute approximate surface area is 201 Å². The van der Waals surface area contributed by atoms with Crippen LogP contribution in [0.2, 0.25) is 0 Å². The van der Waals surface area contributed by atoms with Gasteiger partial charge >= 0.3 is 67.3 Å². The number of hydrogen-bond acceptors (Lipinski definition) is 8. The Hall–Kier alpha value is -1.29. The van der Waals surface area contributed by atoms with Gasteiger partial charge in [-0.2, -0.15) is 0 Å². The molecule has 0 saturated carbocycles. The number of para-hydroxylation sites is 2. The van der Waals surface area contributed by atoms with Crippen LogP contribution in [0.5, 0.6) is 11.5 Å². The molecule has 26 heavy (non-hydrogen) atoms. The van der Waals surface area contributed by atoms with Crippen molar-refractivity contribution in [1.82, 2.24) is 0 Å². The third kappa shape index (κ3) is 13.0. The monoisotopic (exact) mass is 396 g/mol. The molecular weight excluding hydrogens is 383 g/mol. The van der Waals surface area contributed by atoms with Crippen LogP contribution in [-0.4, -0.2) is 65.9 Å². The number of hydrogen-bond donors (Lipinski definition) is 2. The molecule has 0 saturated heterocycles. The number of carbonyl (C=O) groups excluding carboxylic acids is 3. The minimum atomic E-state index is -1.36. The SMILES string of the molecule is CC(=O)[O-].O=C([O-])c1ccccc1O.O=C([O-])c1ccccc1O.[Ca+2].[Na+]. The van der Waals surface area contributed by atoms with E-state index in [1.807, 2.05) is 0 Å². The second-order valence-electron chi connectivity index (χ2n) is 4.10. The van der Waals surface area contributed by atoms with Crippen molar-refractivity contribution < 1.29 is 69.5 Å². The molecule has 2 aromatic carbocycles. The van der Waals surface area contributed by atoms with Gasteiger partial charge in [-0.3, -0.25) is 0 Å². The molecule has 2 N–H and O–H groups in total. The van der Waals surface area contributed by atoms with E-state index in [0.29, 0.717) is 0 Å². The van der Waals surface area contributed by atoms with Gasteiger partial charge in [-0.05, 0) is 31.2 Å². The van der Waals surface area contributed by atoms with Crippen LogP contribution in [-0.2, 0) is 4.79 Å². The maximum absolute atomic E-state index is 10.2. The van der Waals surface area contributed by atoms with E-state index in [4.69, 9.17) is 20.1 Å². The van der Waals surface area contributed by atoms with E-state index in [0.717, 1.165) is 6.92 Å². The van der Waals surface area contributed by atoms with Crippen molar-refractivity contribution in [3.63, 3.8) is 0 Å². The van der Waals surface area contributed by atoms with Crippen molar-refractivity contribution >= 4 is 55.6 Å². The summed E-state index contributed by atoms with van der Waals surface area (Å²) in [5.74, 6) is -4.33. The van der Waals surface area contributed by atoms with Crippen LogP contribution in [0.3, 0.4) is 0 Å². The topological polar surface area (TPSA) is 161 Å².